The van der Waals surface area contributed by atoms with E-state index in [0.29, 0.717) is 13.2 Å². The lowest BCUT2D eigenvalue weighted by Gasteiger charge is -2.14. The van der Waals surface area contributed by atoms with Gasteiger partial charge < -0.3 is 20.1 Å². The predicted octanol–water partition coefficient (Wildman–Crippen LogP) is 3.02. The van der Waals surface area contributed by atoms with Gasteiger partial charge in [-0.2, -0.15) is 0 Å². The van der Waals surface area contributed by atoms with Crippen LogP contribution < -0.4 is 20.1 Å². The summed E-state index contributed by atoms with van der Waals surface area (Å²) in [5.74, 6) is 2.27. The number of nitrogens with one attached hydrogen (secondary N) is 2. The molecule has 1 aromatic heterocycles. The SMILES string of the molecule is CCOc1cc(CNC(=NC)NCCc2ncc(CC)s2)ccc1OC. The second-order valence-corrected chi connectivity index (χ2v) is 6.79. The summed E-state index contributed by atoms with van der Waals surface area (Å²) < 4.78 is 10.9. The Kier molecular flexibility index (Phi) is 8.21. The van der Waals surface area contributed by atoms with E-state index in [4.69, 9.17) is 9.47 Å². The molecule has 2 rings (SSSR count). The molecular formula is C19H28N4O2S. The van der Waals surface area contributed by atoms with E-state index < -0.39 is 0 Å². The monoisotopic (exact) mass is 376 g/mol. The van der Waals surface area contributed by atoms with Crippen molar-refractivity contribution in [2.45, 2.75) is 33.2 Å². The third kappa shape index (κ3) is 5.91. The molecule has 142 valence electrons. The molecule has 0 atom stereocenters. The second-order valence-electron chi connectivity index (χ2n) is 5.59. The molecule has 0 aliphatic carbocycles. The van der Waals surface area contributed by atoms with Crippen molar-refractivity contribution in [2.75, 3.05) is 27.3 Å². The molecule has 0 bridgehead atoms. The lowest BCUT2D eigenvalue weighted by atomic mass is 10.2. The topological polar surface area (TPSA) is 67.8 Å². The van der Waals surface area contributed by atoms with E-state index in [1.54, 1.807) is 25.5 Å². The average molecular weight is 377 g/mol. The van der Waals surface area contributed by atoms with Gasteiger partial charge in [0.05, 0.1) is 18.7 Å². The minimum absolute atomic E-state index is 0.604. The zero-order valence-corrected chi connectivity index (χ0v) is 16.8. The first kappa shape index (κ1) is 20.0. The number of nitrogens with zero attached hydrogens (tertiary/aromatic N) is 2. The largest absolute Gasteiger partial charge is 0.493 e. The maximum atomic E-state index is 5.62. The van der Waals surface area contributed by atoms with Gasteiger partial charge in [-0.3, -0.25) is 4.99 Å². The molecule has 0 saturated heterocycles. The Hall–Kier alpha value is -2.28. The second kappa shape index (κ2) is 10.7. The molecule has 0 saturated carbocycles. The highest BCUT2D eigenvalue weighted by molar-refractivity contribution is 7.11. The molecule has 6 nitrogen and oxygen atoms in total. The van der Waals surface area contributed by atoms with E-state index in [2.05, 4.69) is 27.5 Å². The first-order chi connectivity index (χ1) is 12.7. The highest BCUT2D eigenvalue weighted by atomic mass is 32.1. The van der Waals surface area contributed by atoms with E-state index in [1.807, 2.05) is 31.3 Å². The maximum Gasteiger partial charge on any atom is 0.191 e. The number of aryl methyl sites for hydroxylation is 1. The fourth-order valence-corrected chi connectivity index (χ4v) is 3.28. The van der Waals surface area contributed by atoms with Gasteiger partial charge in [0.25, 0.3) is 0 Å². The predicted molar refractivity (Wildman–Crippen MR) is 108 cm³/mol. The Labute approximate surface area is 159 Å². The smallest absolute Gasteiger partial charge is 0.191 e. The number of rotatable bonds is 9. The van der Waals surface area contributed by atoms with Crippen LogP contribution >= 0.6 is 11.3 Å². The number of aliphatic imine (C=N–C) groups is 1. The quantitative estimate of drug-likeness (QED) is 0.520. The van der Waals surface area contributed by atoms with Gasteiger partial charge in [-0.05, 0) is 31.0 Å². The van der Waals surface area contributed by atoms with Crippen LogP contribution in [0, 0.1) is 0 Å². The van der Waals surface area contributed by atoms with E-state index in [0.717, 1.165) is 47.4 Å². The average Bonchev–Trinajstić information content (AvgIpc) is 3.13. The van der Waals surface area contributed by atoms with Crippen molar-refractivity contribution in [1.82, 2.24) is 15.6 Å². The summed E-state index contributed by atoms with van der Waals surface area (Å²) in [4.78, 5) is 10.0. The van der Waals surface area contributed by atoms with E-state index in [-0.39, 0.29) is 0 Å². The number of thiazole rings is 1. The van der Waals surface area contributed by atoms with Gasteiger partial charge in [0, 0.05) is 37.6 Å². The molecule has 0 amide bonds. The zero-order valence-electron chi connectivity index (χ0n) is 16.0. The summed E-state index contributed by atoms with van der Waals surface area (Å²) in [6.45, 7) is 6.16. The zero-order chi connectivity index (χ0) is 18.8. The maximum absolute atomic E-state index is 5.62. The van der Waals surface area contributed by atoms with Gasteiger partial charge in [-0.15, -0.1) is 11.3 Å². The summed E-state index contributed by atoms with van der Waals surface area (Å²) in [6, 6.07) is 5.93. The highest BCUT2D eigenvalue weighted by Crippen LogP contribution is 2.27. The Morgan fingerprint density at radius 3 is 2.73 bits per heavy atom. The van der Waals surface area contributed by atoms with Crippen LogP contribution in [0.1, 0.15) is 29.3 Å². The van der Waals surface area contributed by atoms with Crippen LogP contribution in [0.25, 0.3) is 0 Å². The molecule has 26 heavy (non-hydrogen) atoms. The van der Waals surface area contributed by atoms with Gasteiger partial charge in [-0.25, -0.2) is 4.98 Å². The van der Waals surface area contributed by atoms with Crippen LogP contribution in [0.3, 0.4) is 0 Å². The third-order valence-corrected chi connectivity index (χ3v) is 4.99. The summed E-state index contributed by atoms with van der Waals surface area (Å²) in [6.07, 6.45) is 3.90. The molecule has 0 unspecified atom stereocenters. The molecular weight excluding hydrogens is 348 g/mol. The molecule has 7 heteroatoms. The van der Waals surface area contributed by atoms with Crippen LogP contribution in [0.5, 0.6) is 11.5 Å². The highest BCUT2D eigenvalue weighted by Gasteiger charge is 2.06. The fraction of sp³-hybridized carbons (Fsp3) is 0.474. The van der Waals surface area contributed by atoms with E-state index >= 15 is 0 Å². The number of aromatic nitrogens is 1. The van der Waals surface area contributed by atoms with Crippen molar-refractivity contribution in [2.24, 2.45) is 4.99 Å². The van der Waals surface area contributed by atoms with Crippen molar-refractivity contribution < 1.29 is 9.47 Å². The van der Waals surface area contributed by atoms with Gasteiger partial charge in [0.15, 0.2) is 17.5 Å². The lowest BCUT2D eigenvalue weighted by Crippen LogP contribution is -2.37. The molecule has 1 heterocycles. The van der Waals surface area contributed by atoms with Gasteiger partial charge in [0.1, 0.15) is 0 Å². The Morgan fingerprint density at radius 2 is 2.08 bits per heavy atom. The Balaban J connectivity index is 1.83. The first-order valence-electron chi connectivity index (χ1n) is 8.87. The number of benzene rings is 1. The molecule has 0 radical (unpaired) electrons. The number of methoxy groups -OCH3 is 1. The molecule has 0 aliphatic heterocycles. The van der Waals surface area contributed by atoms with Gasteiger partial charge in [0.2, 0.25) is 0 Å². The van der Waals surface area contributed by atoms with Gasteiger partial charge in [-0.1, -0.05) is 13.0 Å². The summed E-state index contributed by atoms with van der Waals surface area (Å²) >= 11 is 1.77. The van der Waals surface area contributed by atoms with Crippen molar-refractivity contribution in [1.29, 1.82) is 0 Å². The van der Waals surface area contributed by atoms with Crippen molar-refractivity contribution in [3.63, 3.8) is 0 Å². The molecule has 2 N–H and O–H groups in total. The lowest BCUT2D eigenvalue weighted by molar-refractivity contribution is 0.310. The van der Waals surface area contributed by atoms with Crippen LogP contribution in [-0.2, 0) is 19.4 Å². The van der Waals surface area contributed by atoms with E-state index in [9.17, 15) is 0 Å². The molecule has 0 aliphatic rings. The normalized spacial score (nSPS) is 11.3. The van der Waals surface area contributed by atoms with E-state index in [1.165, 1.54) is 4.88 Å². The molecule has 2 aromatic rings. The van der Waals surface area contributed by atoms with Crippen LogP contribution in [0.15, 0.2) is 29.4 Å². The summed E-state index contributed by atoms with van der Waals surface area (Å²) in [7, 11) is 3.42. The van der Waals surface area contributed by atoms with Crippen LogP contribution in [0.2, 0.25) is 0 Å². The first-order valence-corrected chi connectivity index (χ1v) is 9.69. The van der Waals surface area contributed by atoms with Crippen molar-refractivity contribution in [3.05, 3.63) is 39.8 Å². The number of guanidine groups is 1. The Morgan fingerprint density at radius 1 is 1.23 bits per heavy atom. The Bertz CT molecular complexity index is 715. The fourth-order valence-electron chi connectivity index (χ4n) is 2.42. The molecule has 1 aromatic carbocycles. The minimum atomic E-state index is 0.604. The van der Waals surface area contributed by atoms with Crippen LogP contribution in [-0.4, -0.2) is 38.3 Å². The molecule has 0 spiro atoms. The van der Waals surface area contributed by atoms with Crippen LogP contribution in [0.4, 0.5) is 0 Å². The standard InChI is InChI=1S/C19H28N4O2S/c1-5-15-13-22-18(26-15)9-10-21-19(20-3)23-12-14-7-8-16(24-4)17(11-14)25-6-2/h7-8,11,13H,5-6,9-10,12H2,1-4H3,(H2,20,21,23). The minimum Gasteiger partial charge on any atom is -0.493 e. The summed E-state index contributed by atoms with van der Waals surface area (Å²) in [5, 5.41) is 7.80. The number of ether oxygens (including phenoxy) is 2. The van der Waals surface area contributed by atoms with Crippen molar-refractivity contribution >= 4 is 17.3 Å². The third-order valence-electron chi connectivity index (χ3n) is 3.79. The number of hydrogen-bond acceptors (Lipinski definition) is 5. The number of hydrogen-bond donors (Lipinski definition) is 2. The van der Waals surface area contributed by atoms with Gasteiger partial charge >= 0.3 is 0 Å². The molecule has 0 fully saturated rings. The van der Waals surface area contributed by atoms with Crippen molar-refractivity contribution in [3.8, 4) is 11.5 Å². The summed E-state index contributed by atoms with van der Waals surface area (Å²) in [5.41, 5.74) is 1.10.